The van der Waals surface area contributed by atoms with Crippen LogP contribution in [0.5, 0.6) is 11.5 Å². The molecule has 2 aliphatic heterocycles. The molecule has 70 heavy (non-hydrogen) atoms. The van der Waals surface area contributed by atoms with Gasteiger partial charge in [-0.15, -0.1) is 0 Å². The van der Waals surface area contributed by atoms with Crippen molar-refractivity contribution >= 4 is 38.5 Å². The van der Waals surface area contributed by atoms with Gasteiger partial charge >= 0.3 is 343 Å². The molecule has 2 aliphatic rings. The summed E-state index contributed by atoms with van der Waals surface area (Å²) < 4.78 is 147. The average molecular weight is 1100 g/mol. The fourth-order valence-corrected chi connectivity index (χ4v) is 11.6. The van der Waals surface area contributed by atoms with Crippen molar-refractivity contribution in [3.05, 3.63) is 214 Å². The number of aromatic nitrogens is 4. The van der Waals surface area contributed by atoms with Crippen molar-refractivity contribution in [1.82, 2.24) is 18.7 Å². The number of pyridine rings is 1. The number of ether oxygens (including phenoxy) is 1. The zero-order valence-electron chi connectivity index (χ0n) is 53.3. The minimum Gasteiger partial charge on any atom is -0.0617 e. The van der Waals surface area contributed by atoms with Gasteiger partial charge in [-0.2, -0.15) is 0 Å². The molecule has 0 N–H and O–H groups in total. The van der Waals surface area contributed by atoms with E-state index in [9.17, 15) is 5.48 Å². The van der Waals surface area contributed by atoms with E-state index in [4.69, 9.17) is 24.8 Å². The summed E-state index contributed by atoms with van der Waals surface area (Å²) in [6.45, 7) is 7.62. The Bertz CT molecular complexity index is 4750. The molecule has 0 bridgehead atoms. The molecule has 3 aromatic heterocycles. The number of nitrogens with zero attached hydrogens (tertiary/aromatic N) is 5. The first-order valence-electron chi connectivity index (χ1n) is 30.7. The monoisotopic (exact) mass is 1100 g/mol. The van der Waals surface area contributed by atoms with Crippen molar-refractivity contribution in [3.8, 4) is 62.1 Å². The molecule has 0 saturated heterocycles. The third-order valence-electron chi connectivity index (χ3n) is 13.6. The van der Waals surface area contributed by atoms with E-state index < -0.39 is 78.6 Å². The molecular weight excluding hydrogens is 1040 g/mol. The van der Waals surface area contributed by atoms with Gasteiger partial charge in [-0.05, 0) is 28.2 Å². The minimum atomic E-state index is -0.558. The van der Waals surface area contributed by atoms with Gasteiger partial charge in [0.05, 0.1) is 6.85 Å². The third kappa shape index (κ3) is 7.03. The van der Waals surface area contributed by atoms with E-state index >= 15 is 0 Å². The van der Waals surface area contributed by atoms with Crippen LogP contribution in [-0.4, -0.2) is 31.8 Å². The van der Waals surface area contributed by atoms with E-state index in [1.165, 1.54) is 0 Å². The molecule has 0 fully saturated rings. The standard InChI is InChI=1S/C63H51N5O.Pt/c1-63(2,3)46-32-34-64-58(38-46)68-54-31-28-45(42-17-7-4-8-18-42)37-53(54)50-30-29-49(40-57(50)68)69-48-24-15-23-47(39-48)66-41-67(56-27-14-13-26-55(56)66)62-59(43-19-9-5-10-20-43)51-25-16-35-65-36-33-52(61(51)65)60(62)44-21-11-6-12-22-44;/h4-15,17-24,26-32,34,37-40H,16,25,33,35-36H2,1-3H3;/i4D,5D,6D,7D,8D,9D,10D,11D,12D,17D,18D,19D,20D,21D,22D;. The molecule has 344 valence electrons. The quantitative estimate of drug-likeness (QED) is 0.152. The van der Waals surface area contributed by atoms with E-state index in [1.807, 2.05) is 105 Å². The molecular formula is C63H51N5OPt. The number of anilines is 1. The van der Waals surface area contributed by atoms with E-state index in [0.717, 1.165) is 44.2 Å². The summed E-state index contributed by atoms with van der Waals surface area (Å²) in [6.07, 6.45) is 3.41. The number of hydrogen-bond donors (Lipinski definition) is 0. The molecule has 0 amide bonds. The van der Waals surface area contributed by atoms with Crippen LogP contribution in [0.1, 0.15) is 64.4 Å². The predicted molar refractivity (Wildman–Crippen MR) is 284 cm³/mol. The Morgan fingerprint density at radius 2 is 1.21 bits per heavy atom. The first kappa shape index (κ1) is 29.5. The maximum absolute atomic E-state index is 9.52. The number of para-hydroxylation sites is 2. The van der Waals surface area contributed by atoms with E-state index in [0.29, 0.717) is 92.6 Å². The smallest absolute Gasteiger partial charge is 0.0617 e. The van der Waals surface area contributed by atoms with Crippen LogP contribution in [-0.2, 0) is 37.6 Å². The summed E-state index contributed by atoms with van der Waals surface area (Å²) in [5.74, 6) is 1.57. The molecule has 11 aromatic rings. The maximum atomic E-state index is 9.52. The molecule has 0 unspecified atom stereocenters. The molecule has 0 saturated carbocycles. The summed E-state index contributed by atoms with van der Waals surface area (Å²) in [4.78, 5) is 7.07. The van der Waals surface area contributed by atoms with Crippen LogP contribution in [0.15, 0.2) is 194 Å². The van der Waals surface area contributed by atoms with Gasteiger partial charge in [0.2, 0.25) is 0 Å². The minimum absolute atomic E-state index is 0.0554. The van der Waals surface area contributed by atoms with Gasteiger partial charge < -0.3 is 0 Å². The van der Waals surface area contributed by atoms with Gasteiger partial charge in [0, 0.05) is 6.20 Å². The molecule has 13 rings (SSSR count). The van der Waals surface area contributed by atoms with Crippen LogP contribution in [0.25, 0.3) is 83.4 Å². The van der Waals surface area contributed by atoms with Gasteiger partial charge in [-0.25, -0.2) is 0 Å². The third-order valence-corrected chi connectivity index (χ3v) is 14.6. The Morgan fingerprint density at radius 3 is 1.93 bits per heavy atom. The zero-order valence-corrected chi connectivity index (χ0v) is 40.6. The SMILES string of the molecule is [2H]c1c([2H])c([2H])c(-c2ccc3c(c2)c2ccc(Oc4cccc(-n5[c](=[Pt])n(-c6c(-c7c([2H])c([2H])c([2H])c([2H])c7[2H])c7c8c(c6-c6c([2H])c([2H])c([2H])c([2H])c6[2H])CCN8CCC7)c6ccccc65)c4)cc2n3-c2cc(C(C)(C)C)ccn2)c([2H])c1[2H]. The van der Waals surface area contributed by atoms with Crippen LogP contribution >= 0.6 is 0 Å². The topological polar surface area (TPSA) is 40.1 Å². The second kappa shape index (κ2) is 16.9. The Morgan fingerprint density at radius 1 is 0.543 bits per heavy atom. The average Bonchev–Trinajstić information content (AvgIpc) is 1.92. The number of hydrogen-bond acceptors (Lipinski definition) is 3. The summed E-state index contributed by atoms with van der Waals surface area (Å²) in [5.41, 5.74) is 7.99. The van der Waals surface area contributed by atoms with E-state index in [-0.39, 0.29) is 34.2 Å². The molecule has 0 radical (unpaired) electrons. The van der Waals surface area contributed by atoms with Crippen molar-refractivity contribution in [1.29, 1.82) is 0 Å². The van der Waals surface area contributed by atoms with Crippen LogP contribution in [0.4, 0.5) is 5.69 Å². The number of rotatable bonds is 8. The van der Waals surface area contributed by atoms with Crippen LogP contribution < -0.4 is 9.64 Å². The molecule has 7 heteroatoms. The summed E-state index contributed by atoms with van der Waals surface area (Å²) >= 11 is 2.21. The Balaban J connectivity index is 1.02. The summed E-state index contributed by atoms with van der Waals surface area (Å²) in [6, 6.07) is 23.5. The number of fused-ring (bicyclic) bond motifs is 4. The Hall–Kier alpha value is -7.53. The van der Waals surface area contributed by atoms with Crippen molar-refractivity contribution in [3.63, 3.8) is 0 Å². The van der Waals surface area contributed by atoms with Crippen molar-refractivity contribution < 1.29 is 44.7 Å². The van der Waals surface area contributed by atoms with Gasteiger partial charge in [-0.3, -0.25) is 0 Å². The van der Waals surface area contributed by atoms with Gasteiger partial charge in [0.25, 0.3) is 0 Å². The van der Waals surface area contributed by atoms with Gasteiger partial charge in [0.1, 0.15) is 0 Å². The van der Waals surface area contributed by atoms with Crippen LogP contribution in [0, 0.1) is 3.80 Å². The van der Waals surface area contributed by atoms with Crippen molar-refractivity contribution in [2.75, 3.05) is 18.0 Å². The Labute approximate surface area is 440 Å². The molecule has 8 aromatic carbocycles. The van der Waals surface area contributed by atoms with E-state index in [1.54, 1.807) is 12.3 Å². The van der Waals surface area contributed by atoms with Gasteiger partial charge in [-0.1, -0.05) is 57.0 Å². The number of benzene rings is 8. The summed E-state index contributed by atoms with van der Waals surface area (Å²) in [5, 5.41) is 1.55. The second-order valence-electron chi connectivity index (χ2n) is 18.6. The molecule has 0 spiro atoms. The first-order chi connectivity index (χ1) is 40.5. The van der Waals surface area contributed by atoms with E-state index in [2.05, 4.69) is 45.0 Å². The molecule has 6 nitrogen and oxygen atoms in total. The zero-order chi connectivity index (χ0) is 60.1. The predicted octanol–water partition coefficient (Wildman–Crippen LogP) is 15.4. The van der Waals surface area contributed by atoms with Crippen LogP contribution in [0.2, 0.25) is 0 Å². The summed E-state index contributed by atoms with van der Waals surface area (Å²) in [7, 11) is 0. The molecule has 0 aliphatic carbocycles. The van der Waals surface area contributed by atoms with Gasteiger partial charge in [0.15, 0.2) is 0 Å². The second-order valence-corrected chi connectivity index (χ2v) is 19.7. The van der Waals surface area contributed by atoms with Crippen molar-refractivity contribution in [2.45, 2.75) is 45.4 Å². The normalized spacial score (nSPS) is 16.4. The number of imidazole rings is 1. The van der Waals surface area contributed by atoms with Crippen LogP contribution in [0.3, 0.4) is 0 Å². The fraction of sp³-hybridized carbons (Fsp3) is 0.143. The fourth-order valence-electron chi connectivity index (χ4n) is 10.5. The van der Waals surface area contributed by atoms with Crippen molar-refractivity contribution in [2.24, 2.45) is 0 Å². The first-order valence-corrected chi connectivity index (χ1v) is 24.3. The molecule has 0 atom stereocenters. The molecule has 5 heterocycles. The Kier molecular flexibility index (Phi) is 7.10.